The highest BCUT2D eigenvalue weighted by Crippen LogP contribution is 2.42. The van der Waals surface area contributed by atoms with Crippen molar-refractivity contribution in [2.24, 2.45) is 0 Å². The first kappa shape index (κ1) is 16.7. The molecule has 6 heteroatoms. The number of carbonyl (C=O) groups is 1. The van der Waals surface area contributed by atoms with Crippen LogP contribution in [0.25, 0.3) is 0 Å². The van der Waals surface area contributed by atoms with E-state index in [1.807, 2.05) is 6.07 Å². The molecule has 0 amide bonds. The van der Waals surface area contributed by atoms with Gasteiger partial charge in [-0.1, -0.05) is 25.1 Å². The van der Waals surface area contributed by atoms with Crippen molar-refractivity contribution in [3.63, 3.8) is 0 Å². The Balaban J connectivity index is 2.70. The van der Waals surface area contributed by atoms with Gasteiger partial charge < -0.3 is 9.26 Å². The minimum Gasteiger partial charge on any atom is -0.462 e. The van der Waals surface area contributed by atoms with Crippen molar-refractivity contribution in [2.45, 2.75) is 39.8 Å². The van der Waals surface area contributed by atoms with Gasteiger partial charge in [0.05, 0.1) is 6.10 Å². The van der Waals surface area contributed by atoms with Gasteiger partial charge in [0.2, 0.25) is 0 Å². The van der Waals surface area contributed by atoms with E-state index in [2.05, 4.69) is 5.09 Å². The van der Waals surface area contributed by atoms with Crippen molar-refractivity contribution in [1.82, 2.24) is 5.09 Å². The fraction of sp³-hybridized carbons (Fsp3) is 0.500. The molecule has 1 N–H and O–H groups in total. The van der Waals surface area contributed by atoms with Gasteiger partial charge in [0, 0.05) is 6.16 Å². The van der Waals surface area contributed by atoms with Gasteiger partial charge in [0.25, 0.3) is 0 Å². The molecule has 20 heavy (non-hydrogen) atoms. The van der Waals surface area contributed by atoms with Crippen LogP contribution in [0.2, 0.25) is 0 Å². The van der Waals surface area contributed by atoms with Gasteiger partial charge >= 0.3 is 13.5 Å². The van der Waals surface area contributed by atoms with Crippen molar-refractivity contribution in [3.05, 3.63) is 30.3 Å². The lowest BCUT2D eigenvalue weighted by atomic mass is 10.3. The van der Waals surface area contributed by atoms with Gasteiger partial charge in [-0.3, -0.25) is 9.36 Å². The number of benzene rings is 1. The second kappa shape index (κ2) is 7.46. The molecule has 0 heterocycles. The van der Waals surface area contributed by atoms with Crippen molar-refractivity contribution in [3.8, 4) is 5.75 Å². The van der Waals surface area contributed by atoms with Crippen molar-refractivity contribution in [1.29, 1.82) is 0 Å². The van der Waals surface area contributed by atoms with E-state index in [4.69, 9.17) is 9.26 Å². The summed E-state index contributed by atoms with van der Waals surface area (Å²) >= 11 is 0. The molecule has 0 saturated carbocycles. The summed E-state index contributed by atoms with van der Waals surface area (Å²) in [6.07, 6.45) is 0.0732. The zero-order chi connectivity index (χ0) is 15.2. The first-order valence-electron chi connectivity index (χ1n) is 6.68. The zero-order valence-electron chi connectivity index (χ0n) is 12.3. The summed E-state index contributed by atoms with van der Waals surface area (Å²) in [4.78, 5) is 11.7. The average molecular weight is 299 g/mol. The molecule has 0 aromatic heterocycles. The van der Waals surface area contributed by atoms with Crippen LogP contribution in [0.4, 0.5) is 0 Å². The van der Waals surface area contributed by atoms with E-state index < -0.39 is 19.5 Å². The lowest BCUT2D eigenvalue weighted by Crippen LogP contribution is -2.36. The van der Waals surface area contributed by atoms with E-state index in [0.717, 1.165) is 0 Å². The summed E-state index contributed by atoms with van der Waals surface area (Å²) in [7, 11) is -3.13. The predicted octanol–water partition coefficient (Wildman–Crippen LogP) is 3.21. The molecule has 0 aliphatic rings. The maximum atomic E-state index is 12.6. The van der Waals surface area contributed by atoms with E-state index in [0.29, 0.717) is 5.75 Å². The molecule has 0 saturated heterocycles. The van der Waals surface area contributed by atoms with Crippen molar-refractivity contribution >= 4 is 13.5 Å². The molecule has 5 nitrogen and oxygen atoms in total. The van der Waals surface area contributed by atoms with Crippen LogP contribution >= 0.6 is 7.52 Å². The molecule has 0 fully saturated rings. The molecule has 0 aliphatic carbocycles. The fourth-order valence-electron chi connectivity index (χ4n) is 1.52. The third-order valence-corrected chi connectivity index (χ3v) is 4.63. The largest absolute Gasteiger partial charge is 0.462 e. The summed E-state index contributed by atoms with van der Waals surface area (Å²) in [5.41, 5.74) is 0. The number of ether oxygens (including phenoxy) is 1. The van der Waals surface area contributed by atoms with Gasteiger partial charge in [0.1, 0.15) is 11.8 Å². The molecule has 0 aliphatic heterocycles. The zero-order valence-corrected chi connectivity index (χ0v) is 13.2. The molecule has 0 spiro atoms. The number of hydrogen-bond donors (Lipinski definition) is 1. The summed E-state index contributed by atoms with van der Waals surface area (Å²) < 4.78 is 23.2. The lowest BCUT2D eigenvalue weighted by molar-refractivity contribution is -0.149. The Morgan fingerprint density at radius 2 is 1.85 bits per heavy atom. The van der Waals surface area contributed by atoms with E-state index in [1.165, 1.54) is 0 Å². The first-order valence-corrected chi connectivity index (χ1v) is 8.49. The van der Waals surface area contributed by atoms with Crippen LogP contribution in [-0.2, 0) is 14.1 Å². The highest BCUT2D eigenvalue weighted by atomic mass is 31.2. The highest BCUT2D eigenvalue weighted by molar-refractivity contribution is 7.57. The number of para-hydroxylation sites is 1. The number of nitrogens with one attached hydrogen (secondary N) is 1. The topological polar surface area (TPSA) is 64.6 Å². The van der Waals surface area contributed by atoms with Crippen LogP contribution in [0.5, 0.6) is 5.75 Å². The summed E-state index contributed by atoms with van der Waals surface area (Å²) in [5.74, 6) is 0.0694. The molecule has 1 aromatic carbocycles. The SMILES string of the molecule is CCP(=O)(NC(C)C(=O)OC(C)C)Oc1ccccc1. The van der Waals surface area contributed by atoms with Crippen LogP contribution < -0.4 is 9.61 Å². The second-order valence-corrected chi connectivity index (χ2v) is 7.15. The van der Waals surface area contributed by atoms with E-state index in [-0.39, 0.29) is 12.3 Å². The normalized spacial score (nSPS) is 15.4. The van der Waals surface area contributed by atoms with Gasteiger partial charge in [0.15, 0.2) is 0 Å². The molecule has 1 aromatic rings. The molecular formula is C14H22NO4P. The lowest BCUT2D eigenvalue weighted by Gasteiger charge is -2.23. The number of hydrogen-bond acceptors (Lipinski definition) is 4. The average Bonchev–Trinajstić information content (AvgIpc) is 2.39. The van der Waals surface area contributed by atoms with E-state index in [9.17, 15) is 9.36 Å². The van der Waals surface area contributed by atoms with Gasteiger partial charge in [-0.15, -0.1) is 0 Å². The van der Waals surface area contributed by atoms with Crippen LogP contribution in [-0.4, -0.2) is 24.3 Å². The number of carbonyl (C=O) groups excluding carboxylic acids is 1. The maximum absolute atomic E-state index is 12.6. The fourth-order valence-corrected chi connectivity index (χ4v) is 3.04. The third kappa shape index (κ3) is 5.35. The van der Waals surface area contributed by atoms with Crippen molar-refractivity contribution in [2.75, 3.05) is 6.16 Å². The van der Waals surface area contributed by atoms with E-state index >= 15 is 0 Å². The summed E-state index contributed by atoms with van der Waals surface area (Å²) in [5, 5.41) is 2.76. The summed E-state index contributed by atoms with van der Waals surface area (Å²) in [6, 6.07) is 8.20. The van der Waals surface area contributed by atoms with Gasteiger partial charge in [-0.05, 0) is 32.9 Å². The Labute approximate surface area is 120 Å². The first-order chi connectivity index (χ1) is 9.36. The summed E-state index contributed by atoms with van der Waals surface area (Å²) in [6.45, 7) is 6.90. The molecule has 0 bridgehead atoms. The monoisotopic (exact) mass is 299 g/mol. The minimum atomic E-state index is -3.13. The van der Waals surface area contributed by atoms with Crippen LogP contribution in [0, 0.1) is 0 Å². The highest BCUT2D eigenvalue weighted by Gasteiger charge is 2.28. The van der Waals surface area contributed by atoms with E-state index in [1.54, 1.807) is 52.0 Å². The Kier molecular flexibility index (Phi) is 6.24. The van der Waals surface area contributed by atoms with Crippen LogP contribution in [0.15, 0.2) is 30.3 Å². The quantitative estimate of drug-likeness (QED) is 0.618. The molecular weight excluding hydrogens is 277 g/mol. The minimum absolute atomic E-state index is 0.206. The van der Waals surface area contributed by atoms with Gasteiger partial charge in [-0.2, -0.15) is 0 Å². The predicted molar refractivity (Wildman–Crippen MR) is 79.0 cm³/mol. The number of rotatable bonds is 7. The van der Waals surface area contributed by atoms with Gasteiger partial charge in [-0.25, -0.2) is 5.09 Å². The molecule has 2 unspecified atom stereocenters. The molecule has 112 valence electrons. The molecule has 0 radical (unpaired) electrons. The second-order valence-electron chi connectivity index (χ2n) is 4.73. The smallest absolute Gasteiger partial charge is 0.323 e. The third-order valence-electron chi connectivity index (χ3n) is 2.51. The standard InChI is InChI=1S/C14H22NO4P/c1-5-20(17,19-13-9-7-6-8-10-13)15-12(4)14(16)18-11(2)3/h6-12H,5H2,1-4H3,(H,15,17). The Bertz CT molecular complexity index is 475. The maximum Gasteiger partial charge on any atom is 0.323 e. The van der Waals surface area contributed by atoms with Crippen molar-refractivity contribution < 1.29 is 18.6 Å². The molecule has 1 rings (SSSR count). The number of esters is 1. The van der Waals surface area contributed by atoms with Crippen LogP contribution in [0.3, 0.4) is 0 Å². The molecule has 2 atom stereocenters. The Morgan fingerprint density at radius 3 is 2.35 bits per heavy atom. The Hall–Kier alpha value is -1.32. The van der Waals surface area contributed by atoms with Crippen LogP contribution in [0.1, 0.15) is 27.7 Å². The Morgan fingerprint density at radius 1 is 1.25 bits per heavy atom.